The Balaban J connectivity index is 1.99. The average molecular weight is 266 g/mol. The number of imidazole rings is 1. The summed E-state index contributed by atoms with van der Waals surface area (Å²) in [4.78, 5) is 19.6. The van der Waals surface area contributed by atoms with Gasteiger partial charge in [0.15, 0.2) is 0 Å². The van der Waals surface area contributed by atoms with Crippen molar-refractivity contribution in [3.8, 4) is 0 Å². The van der Waals surface area contributed by atoms with Crippen molar-refractivity contribution in [2.75, 3.05) is 26.7 Å². The highest BCUT2D eigenvalue weighted by Gasteiger charge is 2.30. The van der Waals surface area contributed by atoms with Crippen molar-refractivity contribution >= 4 is 5.97 Å². The Bertz CT molecular complexity index is 432. The Kier molecular flexibility index (Phi) is 4.55. The number of nitrogens with zero attached hydrogens (tertiary/aromatic N) is 4. The topological polar surface area (TPSA) is 61.6 Å². The zero-order chi connectivity index (χ0) is 13.8. The molecule has 1 atom stereocenters. The summed E-state index contributed by atoms with van der Waals surface area (Å²) in [6.07, 6.45) is 4.88. The first kappa shape index (κ1) is 14.0. The molecule has 2 rings (SSSR count). The first-order chi connectivity index (χ1) is 9.11. The molecule has 106 valence electrons. The average Bonchev–Trinajstić information content (AvgIpc) is 2.79. The molecule has 1 aromatic heterocycles. The molecule has 1 unspecified atom stereocenters. The van der Waals surface area contributed by atoms with Gasteiger partial charge in [0.2, 0.25) is 0 Å². The maximum Gasteiger partial charge on any atom is 0.322 e. The van der Waals surface area contributed by atoms with Crippen molar-refractivity contribution in [1.82, 2.24) is 19.4 Å². The summed E-state index contributed by atoms with van der Waals surface area (Å²) in [5, 5.41) is 9.20. The standard InChI is InChI=1S/C13H22N4O2/c1-3-5-17-6-4-14-12(17)10-16-8-7-15(2)11(9-16)13(18)19/h4,6,11H,3,5,7-10H2,1-2H3,(H,18,19). The minimum absolute atomic E-state index is 0.414. The second kappa shape index (κ2) is 6.16. The smallest absolute Gasteiger partial charge is 0.322 e. The zero-order valence-electron chi connectivity index (χ0n) is 11.6. The second-order valence-corrected chi connectivity index (χ2v) is 5.11. The Morgan fingerprint density at radius 2 is 2.32 bits per heavy atom. The zero-order valence-corrected chi connectivity index (χ0v) is 11.6. The van der Waals surface area contributed by atoms with Crippen LogP contribution in [0.2, 0.25) is 0 Å². The molecule has 0 aliphatic carbocycles. The van der Waals surface area contributed by atoms with Gasteiger partial charge in [0.25, 0.3) is 0 Å². The number of hydrogen-bond donors (Lipinski definition) is 1. The van der Waals surface area contributed by atoms with Crippen LogP contribution in [-0.2, 0) is 17.9 Å². The lowest BCUT2D eigenvalue weighted by Crippen LogP contribution is -2.54. The van der Waals surface area contributed by atoms with E-state index in [4.69, 9.17) is 0 Å². The summed E-state index contributed by atoms with van der Waals surface area (Å²) in [5.74, 6) is 0.277. The van der Waals surface area contributed by atoms with E-state index in [0.717, 1.165) is 38.4 Å². The number of carboxylic acids is 1. The fraction of sp³-hybridized carbons (Fsp3) is 0.692. The van der Waals surface area contributed by atoms with Gasteiger partial charge in [0.05, 0.1) is 6.54 Å². The number of likely N-dealkylation sites (N-methyl/N-ethyl adjacent to an activating group) is 1. The molecule has 6 nitrogen and oxygen atoms in total. The number of aromatic nitrogens is 2. The van der Waals surface area contributed by atoms with Gasteiger partial charge in [-0.3, -0.25) is 14.6 Å². The number of rotatable bonds is 5. The van der Waals surface area contributed by atoms with Gasteiger partial charge in [0.1, 0.15) is 11.9 Å². The first-order valence-corrected chi connectivity index (χ1v) is 6.77. The van der Waals surface area contributed by atoms with Crippen molar-refractivity contribution in [3.05, 3.63) is 18.2 Å². The third-order valence-corrected chi connectivity index (χ3v) is 3.65. The third kappa shape index (κ3) is 3.33. The van der Waals surface area contributed by atoms with Gasteiger partial charge < -0.3 is 9.67 Å². The lowest BCUT2D eigenvalue weighted by Gasteiger charge is -2.36. The molecule has 0 aromatic carbocycles. The number of piperazine rings is 1. The molecule has 1 aliphatic rings. The summed E-state index contributed by atoms with van der Waals surface area (Å²) in [5.41, 5.74) is 0. The van der Waals surface area contributed by atoms with E-state index >= 15 is 0 Å². The summed E-state index contributed by atoms with van der Waals surface area (Å²) in [6.45, 7) is 6.06. The van der Waals surface area contributed by atoms with E-state index in [1.54, 1.807) is 0 Å². The minimum atomic E-state index is -0.746. The SMILES string of the molecule is CCCn1ccnc1CN1CCN(C)C(C(=O)O)C1. The Labute approximate surface area is 113 Å². The van der Waals surface area contributed by atoms with Crippen molar-refractivity contribution in [3.63, 3.8) is 0 Å². The van der Waals surface area contributed by atoms with Gasteiger partial charge in [-0.25, -0.2) is 4.98 Å². The first-order valence-electron chi connectivity index (χ1n) is 6.77. The van der Waals surface area contributed by atoms with Gasteiger partial charge in [-0.2, -0.15) is 0 Å². The molecule has 1 saturated heterocycles. The molecule has 6 heteroatoms. The molecule has 1 N–H and O–H groups in total. The predicted octanol–water partition coefficient (Wildman–Crippen LogP) is 0.494. The molecule has 1 aromatic rings. The summed E-state index contributed by atoms with van der Waals surface area (Å²) in [6, 6.07) is -0.414. The number of hydrogen-bond acceptors (Lipinski definition) is 4. The number of aliphatic carboxylic acids is 1. The molecule has 19 heavy (non-hydrogen) atoms. The highest BCUT2D eigenvalue weighted by Crippen LogP contribution is 2.11. The lowest BCUT2D eigenvalue weighted by molar-refractivity contribution is -0.145. The van der Waals surface area contributed by atoms with Gasteiger partial charge in [-0.1, -0.05) is 6.92 Å². The fourth-order valence-electron chi connectivity index (χ4n) is 2.48. The van der Waals surface area contributed by atoms with Crippen LogP contribution in [0.4, 0.5) is 0 Å². The summed E-state index contributed by atoms with van der Waals surface area (Å²) < 4.78 is 2.15. The van der Waals surface area contributed by atoms with Gasteiger partial charge in [-0.15, -0.1) is 0 Å². The monoisotopic (exact) mass is 266 g/mol. The molecule has 0 bridgehead atoms. The largest absolute Gasteiger partial charge is 0.480 e. The molecule has 0 spiro atoms. The molecule has 0 radical (unpaired) electrons. The Morgan fingerprint density at radius 1 is 1.53 bits per heavy atom. The molecule has 0 saturated carbocycles. The van der Waals surface area contributed by atoms with Gasteiger partial charge >= 0.3 is 5.97 Å². The van der Waals surface area contributed by atoms with Crippen LogP contribution in [0.5, 0.6) is 0 Å². The van der Waals surface area contributed by atoms with Crippen LogP contribution in [0, 0.1) is 0 Å². The van der Waals surface area contributed by atoms with Crippen LogP contribution >= 0.6 is 0 Å². The lowest BCUT2D eigenvalue weighted by atomic mass is 10.2. The molecule has 1 fully saturated rings. The van der Waals surface area contributed by atoms with Crippen molar-refractivity contribution in [1.29, 1.82) is 0 Å². The molecule has 2 heterocycles. The highest BCUT2D eigenvalue weighted by atomic mass is 16.4. The van der Waals surface area contributed by atoms with Crippen LogP contribution in [0.15, 0.2) is 12.4 Å². The predicted molar refractivity (Wildman–Crippen MR) is 71.8 cm³/mol. The maximum absolute atomic E-state index is 11.2. The Hall–Kier alpha value is -1.40. The van der Waals surface area contributed by atoms with Gasteiger partial charge in [0, 0.05) is 38.6 Å². The molecule has 0 amide bonds. The quantitative estimate of drug-likeness (QED) is 0.840. The number of carboxylic acid groups (broad SMARTS) is 1. The van der Waals surface area contributed by atoms with E-state index < -0.39 is 12.0 Å². The third-order valence-electron chi connectivity index (χ3n) is 3.65. The van der Waals surface area contributed by atoms with Gasteiger partial charge in [-0.05, 0) is 13.5 Å². The number of carbonyl (C=O) groups is 1. The van der Waals surface area contributed by atoms with Crippen LogP contribution in [-0.4, -0.2) is 63.2 Å². The van der Waals surface area contributed by atoms with E-state index in [2.05, 4.69) is 21.4 Å². The normalized spacial score (nSPS) is 21.7. The van der Waals surface area contributed by atoms with Crippen molar-refractivity contribution in [2.45, 2.75) is 32.5 Å². The minimum Gasteiger partial charge on any atom is -0.480 e. The van der Waals surface area contributed by atoms with E-state index in [1.165, 1.54) is 0 Å². The van der Waals surface area contributed by atoms with Crippen LogP contribution in [0.3, 0.4) is 0 Å². The van der Waals surface area contributed by atoms with E-state index in [-0.39, 0.29) is 0 Å². The molecule has 1 aliphatic heterocycles. The summed E-state index contributed by atoms with van der Waals surface area (Å²) >= 11 is 0. The van der Waals surface area contributed by atoms with E-state index in [9.17, 15) is 9.90 Å². The number of aryl methyl sites for hydroxylation is 1. The Morgan fingerprint density at radius 3 is 3.00 bits per heavy atom. The fourth-order valence-corrected chi connectivity index (χ4v) is 2.48. The van der Waals surface area contributed by atoms with Crippen molar-refractivity contribution < 1.29 is 9.90 Å². The van der Waals surface area contributed by atoms with Crippen LogP contribution in [0.25, 0.3) is 0 Å². The molecular weight excluding hydrogens is 244 g/mol. The van der Waals surface area contributed by atoms with E-state index in [0.29, 0.717) is 6.54 Å². The second-order valence-electron chi connectivity index (χ2n) is 5.11. The van der Waals surface area contributed by atoms with Crippen LogP contribution < -0.4 is 0 Å². The molecular formula is C13H22N4O2. The van der Waals surface area contributed by atoms with Crippen molar-refractivity contribution in [2.24, 2.45) is 0 Å². The van der Waals surface area contributed by atoms with Crippen LogP contribution in [0.1, 0.15) is 19.2 Å². The van der Waals surface area contributed by atoms with E-state index in [1.807, 2.05) is 24.3 Å². The summed E-state index contributed by atoms with van der Waals surface area (Å²) in [7, 11) is 1.87. The highest BCUT2D eigenvalue weighted by molar-refractivity contribution is 5.73. The maximum atomic E-state index is 11.2.